The van der Waals surface area contributed by atoms with Crippen molar-refractivity contribution in [3.63, 3.8) is 0 Å². The summed E-state index contributed by atoms with van der Waals surface area (Å²) >= 11 is 0. The lowest BCUT2D eigenvalue weighted by molar-refractivity contribution is -0.136. The van der Waals surface area contributed by atoms with Gasteiger partial charge in [0.15, 0.2) is 0 Å². The van der Waals surface area contributed by atoms with Crippen molar-refractivity contribution in [2.24, 2.45) is 0 Å². The molecular weight excluding hydrogens is 383 g/mol. The Morgan fingerprint density at radius 3 is 2.32 bits per heavy atom. The highest BCUT2D eigenvalue weighted by Crippen LogP contribution is 2.29. The molecule has 0 heterocycles. The third-order valence-corrected chi connectivity index (χ3v) is 5.89. The molecule has 0 spiro atoms. The van der Waals surface area contributed by atoms with Crippen LogP contribution in [0.1, 0.15) is 5.56 Å². The first-order valence-electron chi connectivity index (χ1n) is 8.30. The Kier molecular flexibility index (Phi) is 5.46. The molecule has 0 amide bonds. The number of halogens is 1. The maximum absolute atomic E-state index is 13.1. The molecule has 7 heteroatoms. The molecular formula is C21H17FO5S. The first kappa shape index (κ1) is 19.6. The van der Waals surface area contributed by atoms with Crippen LogP contribution in [0.4, 0.5) is 4.39 Å². The summed E-state index contributed by atoms with van der Waals surface area (Å²) in [6.07, 6.45) is -0.324. The molecule has 144 valence electrons. The van der Waals surface area contributed by atoms with Crippen molar-refractivity contribution in [2.45, 2.75) is 16.2 Å². The number of sulfone groups is 1. The van der Waals surface area contributed by atoms with Crippen LogP contribution in [0.2, 0.25) is 0 Å². The van der Waals surface area contributed by atoms with E-state index in [9.17, 15) is 17.6 Å². The fourth-order valence-electron chi connectivity index (χ4n) is 2.80. The van der Waals surface area contributed by atoms with Gasteiger partial charge in [0.25, 0.3) is 0 Å². The SMILES string of the molecule is COc1cc(CC(=O)O)cc(S(=O)(=O)c2cccc(-c3ccc(F)cc3)c2)c1. The highest BCUT2D eigenvalue weighted by Gasteiger charge is 2.20. The first-order chi connectivity index (χ1) is 13.3. The van der Waals surface area contributed by atoms with Crippen molar-refractivity contribution >= 4 is 15.8 Å². The summed E-state index contributed by atoms with van der Waals surface area (Å²) < 4.78 is 44.5. The average Bonchev–Trinajstić information content (AvgIpc) is 2.68. The van der Waals surface area contributed by atoms with Crippen molar-refractivity contribution in [1.29, 1.82) is 0 Å². The summed E-state index contributed by atoms with van der Waals surface area (Å²) in [7, 11) is -2.54. The monoisotopic (exact) mass is 400 g/mol. The number of hydrogen-bond donors (Lipinski definition) is 1. The van der Waals surface area contributed by atoms with E-state index < -0.39 is 15.8 Å². The largest absolute Gasteiger partial charge is 0.497 e. The predicted molar refractivity (Wildman–Crippen MR) is 102 cm³/mol. The Balaban J connectivity index is 2.07. The molecule has 0 saturated heterocycles. The minimum atomic E-state index is -3.92. The zero-order valence-electron chi connectivity index (χ0n) is 14.9. The third-order valence-electron chi connectivity index (χ3n) is 4.16. The normalized spacial score (nSPS) is 11.2. The van der Waals surface area contributed by atoms with Crippen molar-refractivity contribution in [3.8, 4) is 16.9 Å². The quantitative estimate of drug-likeness (QED) is 0.677. The highest BCUT2D eigenvalue weighted by molar-refractivity contribution is 7.91. The molecule has 0 fully saturated rings. The minimum Gasteiger partial charge on any atom is -0.497 e. The van der Waals surface area contributed by atoms with Gasteiger partial charge in [-0.3, -0.25) is 4.79 Å². The van der Waals surface area contributed by atoms with Crippen LogP contribution in [0.3, 0.4) is 0 Å². The van der Waals surface area contributed by atoms with Gasteiger partial charge in [-0.05, 0) is 59.2 Å². The summed E-state index contributed by atoms with van der Waals surface area (Å²) in [6, 6.07) is 16.2. The molecule has 0 radical (unpaired) electrons. The molecule has 0 aromatic heterocycles. The van der Waals surface area contributed by atoms with Gasteiger partial charge in [0.05, 0.1) is 23.3 Å². The number of carboxylic acid groups (broad SMARTS) is 1. The molecule has 0 aliphatic heterocycles. The molecule has 0 aliphatic rings. The summed E-state index contributed by atoms with van der Waals surface area (Å²) in [6.45, 7) is 0. The molecule has 0 aliphatic carbocycles. The maximum atomic E-state index is 13.1. The average molecular weight is 400 g/mol. The van der Waals surface area contributed by atoms with Crippen molar-refractivity contribution in [2.75, 3.05) is 7.11 Å². The smallest absolute Gasteiger partial charge is 0.307 e. The van der Waals surface area contributed by atoms with Gasteiger partial charge in [-0.1, -0.05) is 24.3 Å². The Hall–Kier alpha value is -3.19. The Morgan fingerprint density at radius 1 is 0.964 bits per heavy atom. The van der Waals surface area contributed by atoms with E-state index in [0.717, 1.165) is 0 Å². The fraction of sp³-hybridized carbons (Fsp3) is 0.0952. The number of carboxylic acids is 1. The molecule has 3 aromatic carbocycles. The van der Waals surface area contributed by atoms with E-state index >= 15 is 0 Å². The van der Waals surface area contributed by atoms with Crippen LogP contribution < -0.4 is 4.74 Å². The van der Waals surface area contributed by atoms with Gasteiger partial charge in [0.2, 0.25) is 9.84 Å². The lowest BCUT2D eigenvalue weighted by atomic mass is 10.1. The Morgan fingerprint density at radius 2 is 1.68 bits per heavy atom. The lowest BCUT2D eigenvalue weighted by Gasteiger charge is -2.11. The van der Waals surface area contributed by atoms with E-state index in [-0.39, 0.29) is 27.8 Å². The molecule has 1 N–H and O–H groups in total. The second-order valence-electron chi connectivity index (χ2n) is 6.13. The summed E-state index contributed by atoms with van der Waals surface area (Å²) in [5.74, 6) is -1.20. The molecule has 5 nitrogen and oxygen atoms in total. The van der Waals surface area contributed by atoms with Crippen molar-refractivity contribution < 1.29 is 27.4 Å². The van der Waals surface area contributed by atoms with Crippen LogP contribution in [0, 0.1) is 5.82 Å². The second kappa shape index (κ2) is 7.82. The number of hydrogen-bond acceptors (Lipinski definition) is 4. The number of rotatable bonds is 6. The Bertz CT molecular complexity index is 1120. The summed E-state index contributed by atoms with van der Waals surface area (Å²) in [4.78, 5) is 11.0. The number of aliphatic carboxylic acids is 1. The zero-order valence-corrected chi connectivity index (χ0v) is 15.7. The lowest BCUT2D eigenvalue weighted by Crippen LogP contribution is -2.06. The zero-order chi connectivity index (χ0) is 20.3. The second-order valence-corrected chi connectivity index (χ2v) is 8.08. The van der Waals surface area contributed by atoms with E-state index in [1.807, 2.05) is 0 Å². The van der Waals surface area contributed by atoms with E-state index in [0.29, 0.717) is 16.7 Å². The minimum absolute atomic E-state index is 0.0452. The van der Waals surface area contributed by atoms with Crippen molar-refractivity contribution in [3.05, 3.63) is 78.1 Å². The highest BCUT2D eigenvalue weighted by atomic mass is 32.2. The topological polar surface area (TPSA) is 80.7 Å². The summed E-state index contributed by atoms with van der Waals surface area (Å²) in [5, 5.41) is 9.01. The number of ether oxygens (including phenoxy) is 1. The number of benzene rings is 3. The molecule has 0 saturated carbocycles. The molecule has 28 heavy (non-hydrogen) atoms. The van der Waals surface area contributed by atoms with E-state index in [2.05, 4.69) is 0 Å². The molecule has 0 unspecified atom stereocenters. The predicted octanol–water partition coefficient (Wildman–Crippen LogP) is 3.96. The van der Waals surface area contributed by atoms with E-state index in [1.54, 1.807) is 24.3 Å². The van der Waals surface area contributed by atoms with Gasteiger partial charge in [0.1, 0.15) is 11.6 Å². The van der Waals surface area contributed by atoms with Crippen LogP contribution in [0.5, 0.6) is 5.75 Å². The van der Waals surface area contributed by atoms with Gasteiger partial charge in [-0.2, -0.15) is 0 Å². The number of carbonyl (C=O) groups is 1. The maximum Gasteiger partial charge on any atom is 0.307 e. The fourth-order valence-corrected chi connectivity index (χ4v) is 4.19. The van der Waals surface area contributed by atoms with Crippen LogP contribution >= 0.6 is 0 Å². The van der Waals surface area contributed by atoms with Gasteiger partial charge in [-0.15, -0.1) is 0 Å². The van der Waals surface area contributed by atoms with Crippen LogP contribution in [0.25, 0.3) is 11.1 Å². The van der Waals surface area contributed by atoms with Gasteiger partial charge < -0.3 is 9.84 Å². The van der Waals surface area contributed by atoms with Gasteiger partial charge in [0, 0.05) is 0 Å². The van der Waals surface area contributed by atoms with Crippen molar-refractivity contribution in [1.82, 2.24) is 0 Å². The molecule has 3 rings (SSSR count). The van der Waals surface area contributed by atoms with E-state index in [1.165, 1.54) is 49.6 Å². The van der Waals surface area contributed by atoms with Gasteiger partial charge >= 0.3 is 5.97 Å². The molecule has 0 atom stereocenters. The van der Waals surface area contributed by atoms with Crippen LogP contribution in [-0.4, -0.2) is 26.6 Å². The summed E-state index contributed by atoms with van der Waals surface area (Å²) in [5.41, 5.74) is 1.62. The number of methoxy groups -OCH3 is 1. The standard InChI is InChI=1S/C21H17FO5S/c1-27-18-9-14(11-21(23)24)10-20(13-18)28(25,26)19-4-2-3-16(12-19)15-5-7-17(22)8-6-15/h2-10,12-13H,11H2,1H3,(H,23,24). The van der Waals surface area contributed by atoms with E-state index in [4.69, 9.17) is 9.84 Å². The molecule has 0 bridgehead atoms. The molecule has 3 aromatic rings. The van der Waals surface area contributed by atoms with Gasteiger partial charge in [-0.25, -0.2) is 12.8 Å². The van der Waals surface area contributed by atoms with Crippen LogP contribution in [-0.2, 0) is 21.1 Å². The van der Waals surface area contributed by atoms with Crippen LogP contribution in [0.15, 0.2) is 76.5 Å². The third kappa shape index (κ3) is 4.20. The Labute approximate surface area is 162 Å². The first-order valence-corrected chi connectivity index (χ1v) is 9.79.